The fourth-order valence-corrected chi connectivity index (χ4v) is 2.92. The Balaban J connectivity index is 1.94. The van der Waals surface area contributed by atoms with E-state index >= 15 is 0 Å². The normalized spacial score (nSPS) is 12.7. The number of pyridine rings is 1. The van der Waals surface area contributed by atoms with Gasteiger partial charge in [0.2, 0.25) is 0 Å². The summed E-state index contributed by atoms with van der Waals surface area (Å²) in [4.78, 5) is 4.32. The number of rotatable bonds is 7. The third kappa shape index (κ3) is 4.22. The zero-order valence-electron chi connectivity index (χ0n) is 11.7. The zero-order chi connectivity index (χ0) is 13.5. The summed E-state index contributed by atoms with van der Waals surface area (Å²) >= 11 is 2.01. The predicted octanol–water partition coefficient (Wildman–Crippen LogP) is 3.86. The molecule has 1 unspecified atom stereocenters. The second-order valence-electron chi connectivity index (χ2n) is 4.79. The molecule has 0 amide bonds. The first-order valence-corrected chi connectivity index (χ1v) is 8.09. The molecular formula is C16H22N2S. The van der Waals surface area contributed by atoms with Crippen LogP contribution in [-0.4, -0.2) is 22.5 Å². The molecule has 1 aromatic heterocycles. The van der Waals surface area contributed by atoms with E-state index in [2.05, 4.69) is 48.4 Å². The highest BCUT2D eigenvalue weighted by Gasteiger charge is 2.04. The molecule has 2 nitrogen and oxygen atoms in total. The summed E-state index contributed by atoms with van der Waals surface area (Å²) in [6, 6.07) is 9.00. The summed E-state index contributed by atoms with van der Waals surface area (Å²) in [6.45, 7) is 5.37. The molecule has 0 aliphatic rings. The first-order chi connectivity index (χ1) is 9.31. The molecule has 0 radical (unpaired) electrons. The Kier molecular flexibility index (Phi) is 5.67. The average Bonchev–Trinajstić information content (AvgIpc) is 2.45. The van der Waals surface area contributed by atoms with Gasteiger partial charge >= 0.3 is 0 Å². The van der Waals surface area contributed by atoms with E-state index in [1.807, 2.05) is 24.2 Å². The van der Waals surface area contributed by atoms with Crippen molar-refractivity contribution in [2.45, 2.75) is 32.9 Å². The van der Waals surface area contributed by atoms with Crippen LogP contribution in [0.4, 0.5) is 0 Å². The van der Waals surface area contributed by atoms with Crippen LogP contribution in [-0.2, 0) is 6.54 Å². The smallest absolute Gasteiger partial charge is 0.0346 e. The minimum Gasteiger partial charge on any atom is -0.310 e. The van der Waals surface area contributed by atoms with Gasteiger partial charge in [0, 0.05) is 30.4 Å². The van der Waals surface area contributed by atoms with Crippen LogP contribution in [0.3, 0.4) is 0 Å². The lowest BCUT2D eigenvalue weighted by atomic mass is 10.1. The van der Waals surface area contributed by atoms with E-state index in [0.29, 0.717) is 6.04 Å². The van der Waals surface area contributed by atoms with Gasteiger partial charge in [-0.25, -0.2) is 0 Å². The first kappa shape index (κ1) is 14.4. The van der Waals surface area contributed by atoms with Crippen molar-refractivity contribution in [2.24, 2.45) is 0 Å². The molecule has 1 heterocycles. The summed E-state index contributed by atoms with van der Waals surface area (Å²) in [5, 5.41) is 6.12. The summed E-state index contributed by atoms with van der Waals surface area (Å²) in [7, 11) is 0. The lowest BCUT2D eigenvalue weighted by Crippen LogP contribution is -2.26. The minimum atomic E-state index is 0.554. The van der Waals surface area contributed by atoms with Crippen molar-refractivity contribution in [1.29, 1.82) is 0 Å². The number of benzene rings is 1. The number of fused-ring (bicyclic) bond motifs is 1. The summed E-state index contributed by atoms with van der Waals surface area (Å²) < 4.78 is 0. The standard InChI is InChI=1S/C16H22N2S/c1-3-19-9-8-13(2)18-12-15-11-17-10-14-6-4-5-7-16(14)15/h4-7,10-11,13,18H,3,8-9,12H2,1-2H3. The van der Waals surface area contributed by atoms with Crippen molar-refractivity contribution < 1.29 is 0 Å². The molecule has 0 saturated heterocycles. The number of hydrogen-bond acceptors (Lipinski definition) is 3. The molecule has 0 aliphatic carbocycles. The van der Waals surface area contributed by atoms with Crippen LogP contribution in [0.15, 0.2) is 36.7 Å². The third-order valence-electron chi connectivity index (χ3n) is 3.29. The summed E-state index contributed by atoms with van der Waals surface area (Å²) in [6.07, 6.45) is 5.12. The Morgan fingerprint density at radius 3 is 2.95 bits per heavy atom. The van der Waals surface area contributed by atoms with E-state index in [1.165, 1.54) is 34.3 Å². The van der Waals surface area contributed by atoms with Crippen LogP contribution in [0.1, 0.15) is 25.8 Å². The molecule has 0 bridgehead atoms. The molecule has 0 spiro atoms. The van der Waals surface area contributed by atoms with E-state index in [4.69, 9.17) is 0 Å². The SMILES string of the molecule is CCSCCC(C)NCc1cncc2ccccc12. The van der Waals surface area contributed by atoms with E-state index in [-0.39, 0.29) is 0 Å². The average molecular weight is 274 g/mol. The van der Waals surface area contributed by atoms with Crippen molar-refractivity contribution in [3.8, 4) is 0 Å². The highest BCUT2D eigenvalue weighted by Crippen LogP contribution is 2.17. The first-order valence-electron chi connectivity index (χ1n) is 6.94. The number of aromatic nitrogens is 1. The van der Waals surface area contributed by atoms with Crippen LogP contribution in [0.2, 0.25) is 0 Å². The third-order valence-corrected chi connectivity index (χ3v) is 4.22. The van der Waals surface area contributed by atoms with Gasteiger partial charge in [-0.3, -0.25) is 4.98 Å². The quantitative estimate of drug-likeness (QED) is 0.776. The molecule has 0 fully saturated rings. The highest BCUT2D eigenvalue weighted by atomic mass is 32.2. The molecule has 0 saturated carbocycles. The lowest BCUT2D eigenvalue weighted by molar-refractivity contribution is 0.538. The molecule has 2 rings (SSSR count). The van der Waals surface area contributed by atoms with Crippen LogP contribution >= 0.6 is 11.8 Å². The van der Waals surface area contributed by atoms with Gasteiger partial charge in [-0.05, 0) is 35.8 Å². The molecule has 1 aromatic carbocycles. The van der Waals surface area contributed by atoms with E-state index in [0.717, 1.165) is 6.54 Å². The number of nitrogens with one attached hydrogen (secondary N) is 1. The van der Waals surface area contributed by atoms with Gasteiger partial charge < -0.3 is 5.32 Å². The fourth-order valence-electron chi connectivity index (χ4n) is 2.11. The minimum absolute atomic E-state index is 0.554. The van der Waals surface area contributed by atoms with Crippen LogP contribution in [0, 0.1) is 0 Å². The van der Waals surface area contributed by atoms with Crippen LogP contribution in [0.25, 0.3) is 10.8 Å². The molecule has 2 aromatic rings. The molecule has 1 atom stereocenters. The van der Waals surface area contributed by atoms with Gasteiger partial charge in [0.05, 0.1) is 0 Å². The van der Waals surface area contributed by atoms with Gasteiger partial charge in [-0.15, -0.1) is 0 Å². The van der Waals surface area contributed by atoms with E-state index in [9.17, 15) is 0 Å². The highest BCUT2D eigenvalue weighted by molar-refractivity contribution is 7.99. The topological polar surface area (TPSA) is 24.9 Å². The van der Waals surface area contributed by atoms with Gasteiger partial charge in [0.15, 0.2) is 0 Å². The molecule has 3 heteroatoms. The summed E-state index contributed by atoms with van der Waals surface area (Å²) in [5.41, 5.74) is 1.29. The monoisotopic (exact) mass is 274 g/mol. The van der Waals surface area contributed by atoms with Crippen LogP contribution in [0.5, 0.6) is 0 Å². The predicted molar refractivity (Wildman–Crippen MR) is 85.7 cm³/mol. The Morgan fingerprint density at radius 2 is 2.11 bits per heavy atom. The van der Waals surface area contributed by atoms with Crippen molar-refractivity contribution >= 4 is 22.5 Å². The van der Waals surface area contributed by atoms with Gasteiger partial charge in [0.25, 0.3) is 0 Å². The molecular weight excluding hydrogens is 252 g/mol. The van der Waals surface area contributed by atoms with Gasteiger partial charge in [0.1, 0.15) is 0 Å². The summed E-state index contributed by atoms with van der Waals surface area (Å²) in [5.74, 6) is 2.44. The van der Waals surface area contributed by atoms with Crippen molar-refractivity contribution in [2.75, 3.05) is 11.5 Å². The largest absolute Gasteiger partial charge is 0.310 e. The lowest BCUT2D eigenvalue weighted by Gasteiger charge is -2.14. The van der Waals surface area contributed by atoms with Crippen molar-refractivity contribution in [3.05, 3.63) is 42.2 Å². The number of hydrogen-bond donors (Lipinski definition) is 1. The second-order valence-corrected chi connectivity index (χ2v) is 6.18. The van der Waals surface area contributed by atoms with E-state index < -0.39 is 0 Å². The van der Waals surface area contributed by atoms with Gasteiger partial charge in [-0.2, -0.15) is 11.8 Å². The Hall–Kier alpha value is -1.06. The maximum Gasteiger partial charge on any atom is 0.0346 e. The van der Waals surface area contributed by atoms with E-state index in [1.54, 1.807) is 0 Å². The fraction of sp³-hybridized carbons (Fsp3) is 0.438. The Bertz CT molecular complexity index is 508. The molecule has 1 N–H and O–H groups in total. The molecule has 0 aliphatic heterocycles. The second kappa shape index (κ2) is 7.51. The Morgan fingerprint density at radius 1 is 1.26 bits per heavy atom. The zero-order valence-corrected chi connectivity index (χ0v) is 12.5. The molecule has 19 heavy (non-hydrogen) atoms. The maximum absolute atomic E-state index is 4.32. The van der Waals surface area contributed by atoms with Crippen LogP contribution < -0.4 is 5.32 Å². The maximum atomic E-state index is 4.32. The van der Waals surface area contributed by atoms with Crippen molar-refractivity contribution in [1.82, 2.24) is 10.3 Å². The number of nitrogens with zero attached hydrogens (tertiary/aromatic N) is 1. The Labute approximate surface area is 120 Å². The van der Waals surface area contributed by atoms with Crippen molar-refractivity contribution in [3.63, 3.8) is 0 Å². The molecule has 102 valence electrons. The number of thioether (sulfide) groups is 1. The van der Waals surface area contributed by atoms with Gasteiger partial charge in [-0.1, -0.05) is 31.2 Å².